The van der Waals surface area contributed by atoms with Gasteiger partial charge in [0.1, 0.15) is 0 Å². The zero-order valence-corrected chi connectivity index (χ0v) is 10.3. The summed E-state index contributed by atoms with van der Waals surface area (Å²) in [7, 11) is 0. The molecule has 0 bridgehead atoms. The Morgan fingerprint density at radius 3 is 1.69 bits per heavy atom. The highest BCUT2D eigenvalue weighted by molar-refractivity contribution is 5.74. The summed E-state index contributed by atoms with van der Waals surface area (Å²) in [6.45, 7) is 14.7. The molecule has 0 saturated heterocycles. The van der Waals surface area contributed by atoms with E-state index in [0.717, 1.165) is 13.0 Å². The van der Waals surface area contributed by atoms with Crippen molar-refractivity contribution in [2.45, 2.75) is 60.4 Å². The van der Waals surface area contributed by atoms with Crippen LogP contribution >= 0.6 is 0 Å². The van der Waals surface area contributed by atoms with Crippen LogP contribution in [-0.4, -0.2) is 22.9 Å². The molecule has 2 nitrogen and oxygen atoms in total. The van der Waals surface area contributed by atoms with Crippen LogP contribution in [-0.2, 0) is 4.79 Å². The van der Waals surface area contributed by atoms with Gasteiger partial charge in [-0.05, 0) is 27.2 Å². The molecule has 0 aliphatic rings. The average molecular weight is 187 g/mol. The lowest BCUT2D eigenvalue weighted by molar-refractivity contribution is -0.133. The summed E-state index contributed by atoms with van der Waals surface area (Å²) in [5.41, 5.74) is -0.0259. The molecule has 0 aromatic rings. The molecule has 0 atom stereocenters. The van der Waals surface area contributed by atoms with E-state index in [2.05, 4.69) is 27.7 Å². The fraction of sp³-hybridized carbons (Fsp3) is 0.909. The number of rotatable bonds is 2. The first-order chi connectivity index (χ1) is 5.89. The highest BCUT2D eigenvalue weighted by atomic mass is 16.2. The Kier molecular flexibility index (Phi) is 7.98. The minimum absolute atomic E-state index is 0.0259. The summed E-state index contributed by atoms with van der Waals surface area (Å²) in [5, 5.41) is 0. The minimum atomic E-state index is -0.0259. The summed E-state index contributed by atoms with van der Waals surface area (Å²) >= 11 is 0. The summed E-state index contributed by atoms with van der Waals surface area (Å²) in [4.78, 5) is 13.0. The first-order valence-electron chi connectivity index (χ1n) is 5.17. The van der Waals surface area contributed by atoms with Crippen LogP contribution < -0.4 is 0 Å². The van der Waals surface area contributed by atoms with Crippen molar-refractivity contribution >= 4 is 5.91 Å². The molecule has 0 rings (SSSR count). The normalized spacial score (nSPS) is 10.1. The molecule has 0 radical (unpaired) electrons. The van der Waals surface area contributed by atoms with E-state index in [9.17, 15) is 4.79 Å². The summed E-state index contributed by atoms with van der Waals surface area (Å²) in [6.07, 6.45) is 1.02. The highest BCUT2D eigenvalue weighted by Crippen LogP contribution is 2.13. The summed E-state index contributed by atoms with van der Waals surface area (Å²) in [6, 6.07) is 0. The maximum atomic E-state index is 11.1. The fourth-order valence-corrected chi connectivity index (χ4v) is 1.19. The second-order valence-electron chi connectivity index (χ2n) is 3.84. The first kappa shape index (κ1) is 15.0. The smallest absolute Gasteiger partial charge is 0.219 e. The van der Waals surface area contributed by atoms with Crippen LogP contribution in [0.1, 0.15) is 54.9 Å². The van der Waals surface area contributed by atoms with E-state index in [1.807, 2.05) is 18.7 Å². The van der Waals surface area contributed by atoms with Gasteiger partial charge in [-0.2, -0.15) is 0 Å². The van der Waals surface area contributed by atoms with Crippen LogP contribution in [0.5, 0.6) is 0 Å². The molecule has 0 aliphatic carbocycles. The van der Waals surface area contributed by atoms with Gasteiger partial charge in [-0.3, -0.25) is 4.79 Å². The molecule has 1 amide bonds. The Bertz CT molecular complexity index is 136. The maximum absolute atomic E-state index is 11.1. The molecule has 0 N–H and O–H groups in total. The van der Waals surface area contributed by atoms with Crippen LogP contribution in [0.2, 0.25) is 0 Å². The van der Waals surface area contributed by atoms with Gasteiger partial charge < -0.3 is 4.90 Å². The molecule has 0 saturated carbocycles. The Labute approximate surface area is 83.3 Å². The zero-order chi connectivity index (χ0) is 11.1. The van der Waals surface area contributed by atoms with E-state index in [4.69, 9.17) is 0 Å². The standard InChI is InChI=1S/C9H19NO.C2H6/c1-6-7-10(8(2)11)9(3,4)5;1-2/h6-7H2,1-5H3;1-2H3. The van der Waals surface area contributed by atoms with Gasteiger partial charge in [0.2, 0.25) is 5.91 Å². The predicted molar refractivity (Wildman–Crippen MR) is 58.8 cm³/mol. The van der Waals surface area contributed by atoms with E-state index < -0.39 is 0 Å². The van der Waals surface area contributed by atoms with Crippen LogP contribution in [0.4, 0.5) is 0 Å². The van der Waals surface area contributed by atoms with Crippen molar-refractivity contribution in [2.75, 3.05) is 6.54 Å². The molecule has 0 aromatic heterocycles. The van der Waals surface area contributed by atoms with Crippen molar-refractivity contribution in [3.8, 4) is 0 Å². The lowest BCUT2D eigenvalue weighted by Crippen LogP contribution is -2.44. The Morgan fingerprint density at radius 1 is 1.23 bits per heavy atom. The topological polar surface area (TPSA) is 20.3 Å². The van der Waals surface area contributed by atoms with E-state index in [0.29, 0.717) is 0 Å². The van der Waals surface area contributed by atoms with E-state index in [1.165, 1.54) is 0 Å². The van der Waals surface area contributed by atoms with Gasteiger partial charge in [0.15, 0.2) is 0 Å². The number of amides is 1. The van der Waals surface area contributed by atoms with Crippen molar-refractivity contribution < 1.29 is 4.79 Å². The highest BCUT2D eigenvalue weighted by Gasteiger charge is 2.21. The first-order valence-corrected chi connectivity index (χ1v) is 5.17. The number of carbonyl (C=O) groups excluding carboxylic acids is 1. The van der Waals surface area contributed by atoms with Crippen LogP contribution in [0, 0.1) is 0 Å². The van der Waals surface area contributed by atoms with Crippen molar-refractivity contribution in [1.82, 2.24) is 4.90 Å². The van der Waals surface area contributed by atoms with Gasteiger partial charge >= 0.3 is 0 Å². The molecule has 0 fully saturated rings. The molecule has 0 aliphatic heterocycles. The molecule has 13 heavy (non-hydrogen) atoms. The van der Waals surface area contributed by atoms with Gasteiger partial charge in [0.05, 0.1) is 0 Å². The van der Waals surface area contributed by atoms with E-state index in [1.54, 1.807) is 6.92 Å². The lowest BCUT2D eigenvalue weighted by atomic mass is 10.1. The molecular weight excluding hydrogens is 162 g/mol. The predicted octanol–water partition coefficient (Wildman–Crippen LogP) is 3.07. The molecular formula is C11H25NO. The largest absolute Gasteiger partial charge is 0.338 e. The molecule has 0 heterocycles. The number of hydrogen-bond donors (Lipinski definition) is 0. The Morgan fingerprint density at radius 2 is 1.62 bits per heavy atom. The Hall–Kier alpha value is -0.530. The summed E-state index contributed by atoms with van der Waals surface area (Å²) < 4.78 is 0. The van der Waals surface area contributed by atoms with Crippen molar-refractivity contribution in [3.05, 3.63) is 0 Å². The molecule has 0 unspecified atom stereocenters. The monoisotopic (exact) mass is 187 g/mol. The third kappa shape index (κ3) is 6.62. The van der Waals surface area contributed by atoms with Crippen LogP contribution in [0.3, 0.4) is 0 Å². The Balaban J connectivity index is 0. The lowest BCUT2D eigenvalue weighted by Gasteiger charge is -2.34. The minimum Gasteiger partial charge on any atom is -0.338 e. The fourth-order valence-electron chi connectivity index (χ4n) is 1.19. The van der Waals surface area contributed by atoms with Gasteiger partial charge in [-0.1, -0.05) is 20.8 Å². The maximum Gasteiger partial charge on any atom is 0.219 e. The van der Waals surface area contributed by atoms with Gasteiger partial charge in [0.25, 0.3) is 0 Å². The number of carbonyl (C=O) groups is 1. The second-order valence-corrected chi connectivity index (χ2v) is 3.84. The molecule has 2 heteroatoms. The average Bonchev–Trinajstić information content (AvgIpc) is 2.01. The van der Waals surface area contributed by atoms with E-state index in [-0.39, 0.29) is 11.4 Å². The second kappa shape index (κ2) is 6.93. The van der Waals surface area contributed by atoms with Crippen molar-refractivity contribution in [2.24, 2.45) is 0 Å². The number of nitrogens with zero attached hydrogens (tertiary/aromatic N) is 1. The van der Waals surface area contributed by atoms with Crippen LogP contribution in [0.15, 0.2) is 0 Å². The van der Waals surface area contributed by atoms with Gasteiger partial charge in [-0.15, -0.1) is 0 Å². The molecule has 0 spiro atoms. The molecule has 0 aromatic carbocycles. The quantitative estimate of drug-likeness (QED) is 0.650. The van der Waals surface area contributed by atoms with E-state index >= 15 is 0 Å². The zero-order valence-electron chi connectivity index (χ0n) is 10.3. The third-order valence-corrected chi connectivity index (χ3v) is 1.64. The van der Waals surface area contributed by atoms with Crippen molar-refractivity contribution in [3.63, 3.8) is 0 Å². The SMILES string of the molecule is CC.CCCN(C(C)=O)C(C)(C)C. The summed E-state index contributed by atoms with van der Waals surface area (Å²) in [5.74, 6) is 0.166. The van der Waals surface area contributed by atoms with Gasteiger partial charge in [-0.25, -0.2) is 0 Å². The number of hydrogen-bond acceptors (Lipinski definition) is 1. The molecule has 80 valence electrons. The van der Waals surface area contributed by atoms with Gasteiger partial charge in [0, 0.05) is 19.0 Å². The van der Waals surface area contributed by atoms with Crippen molar-refractivity contribution in [1.29, 1.82) is 0 Å². The van der Waals surface area contributed by atoms with Crippen LogP contribution in [0.25, 0.3) is 0 Å². The third-order valence-electron chi connectivity index (χ3n) is 1.64.